The Morgan fingerprint density at radius 1 is 0.857 bits per heavy atom. The smallest absolute Gasteiger partial charge is 0.177 e. The predicted molar refractivity (Wildman–Crippen MR) is 125 cm³/mol. The van der Waals surface area contributed by atoms with Crippen LogP contribution in [-0.2, 0) is 0 Å². The van der Waals surface area contributed by atoms with E-state index in [1.165, 1.54) is 45.6 Å². The van der Waals surface area contributed by atoms with Crippen molar-refractivity contribution in [1.82, 2.24) is 4.57 Å². The van der Waals surface area contributed by atoms with Crippen molar-refractivity contribution in [3.05, 3.63) is 60.7 Å². The minimum atomic E-state index is 0.389. The van der Waals surface area contributed by atoms with Gasteiger partial charge in [-0.2, -0.15) is 0 Å². The Balaban J connectivity index is 1.68. The number of para-hydroxylation sites is 1. The van der Waals surface area contributed by atoms with Crippen molar-refractivity contribution in [2.45, 2.75) is 53.2 Å². The molecule has 0 radical (unpaired) electrons. The highest BCUT2D eigenvalue weighted by atomic mass is 15.0. The maximum Gasteiger partial charge on any atom is 0.177 e. The summed E-state index contributed by atoms with van der Waals surface area (Å²) in [5.41, 5.74) is 6.39. The number of allylic oxidation sites excluding steroid dienone is 4. The van der Waals surface area contributed by atoms with E-state index in [2.05, 4.69) is 93.0 Å². The van der Waals surface area contributed by atoms with Gasteiger partial charge in [-0.15, -0.1) is 0 Å². The van der Waals surface area contributed by atoms with Crippen LogP contribution in [0.2, 0.25) is 12.6 Å². The Bertz CT molecular complexity index is 1110. The standard InChI is InChI=1S/C26H30BN/c1-25(2)17-27(18-26(25,3)4)19-14-15-24-22(16-19)21-12-8-9-13-23(21)28(24)20-10-6-5-7-11-20/h5-6,8-10,12-16H,7,11,17-18H2,1-4H3. The van der Waals surface area contributed by atoms with E-state index in [-0.39, 0.29) is 0 Å². The maximum atomic E-state index is 2.50. The molecule has 1 saturated heterocycles. The van der Waals surface area contributed by atoms with Crippen molar-refractivity contribution in [3.8, 4) is 0 Å². The molecule has 0 N–H and O–H groups in total. The van der Waals surface area contributed by atoms with E-state index in [0.29, 0.717) is 17.5 Å². The van der Waals surface area contributed by atoms with Crippen molar-refractivity contribution in [2.75, 3.05) is 0 Å². The van der Waals surface area contributed by atoms with Crippen LogP contribution in [0, 0.1) is 10.8 Å². The molecule has 1 fully saturated rings. The Morgan fingerprint density at radius 2 is 1.57 bits per heavy atom. The summed E-state index contributed by atoms with van der Waals surface area (Å²) in [6, 6.07) is 16.2. The van der Waals surface area contributed by atoms with Crippen LogP contribution in [0.25, 0.3) is 27.5 Å². The largest absolute Gasteiger partial charge is 0.313 e. The van der Waals surface area contributed by atoms with Crippen molar-refractivity contribution < 1.29 is 0 Å². The lowest BCUT2D eigenvalue weighted by Gasteiger charge is -2.35. The lowest BCUT2D eigenvalue weighted by atomic mass is 9.42. The maximum absolute atomic E-state index is 2.50. The van der Waals surface area contributed by atoms with Gasteiger partial charge in [-0.3, -0.25) is 0 Å². The molecule has 142 valence electrons. The number of hydrogen-bond acceptors (Lipinski definition) is 0. The molecule has 0 bridgehead atoms. The number of aromatic nitrogens is 1. The van der Waals surface area contributed by atoms with E-state index >= 15 is 0 Å². The summed E-state index contributed by atoms with van der Waals surface area (Å²) in [5, 5.41) is 2.79. The number of rotatable bonds is 2. The number of hydrogen-bond donors (Lipinski definition) is 0. The molecule has 2 heterocycles. The molecule has 0 atom stereocenters. The van der Waals surface area contributed by atoms with E-state index in [4.69, 9.17) is 0 Å². The van der Waals surface area contributed by atoms with Crippen molar-refractivity contribution in [2.24, 2.45) is 10.8 Å². The molecule has 1 aliphatic heterocycles. The molecule has 0 unspecified atom stereocenters. The summed E-state index contributed by atoms with van der Waals surface area (Å²) in [6.45, 7) is 10.4. The Labute approximate surface area is 169 Å². The number of benzene rings is 2. The van der Waals surface area contributed by atoms with Crippen LogP contribution >= 0.6 is 0 Å². The molecule has 1 nitrogen and oxygen atoms in total. The lowest BCUT2D eigenvalue weighted by molar-refractivity contribution is 0.177. The quantitative estimate of drug-likeness (QED) is 0.441. The molecule has 2 aliphatic rings. The van der Waals surface area contributed by atoms with Gasteiger partial charge in [0.1, 0.15) is 0 Å². The third-order valence-corrected chi connectivity index (χ3v) is 7.79. The van der Waals surface area contributed by atoms with E-state index < -0.39 is 0 Å². The zero-order valence-corrected chi connectivity index (χ0v) is 17.6. The second-order valence-electron chi connectivity index (χ2n) is 10.1. The first-order valence-electron chi connectivity index (χ1n) is 10.8. The van der Waals surface area contributed by atoms with Crippen molar-refractivity contribution >= 4 is 39.7 Å². The average molecular weight is 367 g/mol. The van der Waals surface area contributed by atoms with Gasteiger partial charge in [0.05, 0.1) is 11.0 Å². The van der Waals surface area contributed by atoms with Crippen LogP contribution in [0.1, 0.15) is 40.5 Å². The zero-order chi connectivity index (χ0) is 19.5. The second kappa shape index (κ2) is 6.14. The second-order valence-corrected chi connectivity index (χ2v) is 10.1. The molecule has 3 aromatic rings. The summed E-state index contributed by atoms with van der Waals surface area (Å²) in [5.74, 6) is 0. The summed E-state index contributed by atoms with van der Waals surface area (Å²) < 4.78 is 2.49. The fourth-order valence-corrected chi connectivity index (χ4v) is 5.42. The van der Waals surface area contributed by atoms with Gasteiger partial charge in [-0.1, -0.05) is 88.3 Å². The minimum Gasteiger partial charge on any atom is -0.313 e. The molecule has 2 aromatic carbocycles. The van der Waals surface area contributed by atoms with Gasteiger partial charge in [0.15, 0.2) is 6.71 Å². The first kappa shape index (κ1) is 17.9. The summed E-state index contributed by atoms with van der Waals surface area (Å²) in [4.78, 5) is 0. The molecule has 1 aliphatic carbocycles. The van der Waals surface area contributed by atoms with Crippen molar-refractivity contribution in [1.29, 1.82) is 0 Å². The SMILES string of the molecule is CC1(C)CB(c2ccc3c(c2)c2ccccc2n3C2=CC=CCC2)CC1(C)C. The molecular weight excluding hydrogens is 337 g/mol. The van der Waals surface area contributed by atoms with Crippen LogP contribution in [0.3, 0.4) is 0 Å². The molecule has 2 heteroatoms. The van der Waals surface area contributed by atoms with Crippen LogP contribution in [0.4, 0.5) is 0 Å². The van der Waals surface area contributed by atoms with Crippen LogP contribution in [-0.4, -0.2) is 11.3 Å². The molecule has 28 heavy (non-hydrogen) atoms. The fourth-order valence-electron chi connectivity index (χ4n) is 5.42. The lowest BCUT2D eigenvalue weighted by Crippen LogP contribution is -2.27. The topological polar surface area (TPSA) is 4.93 Å². The van der Waals surface area contributed by atoms with Gasteiger partial charge in [-0.05, 0) is 41.9 Å². The molecule has 0 spiro atoms. The van der Waals surface area contributed by atoms with Crippen LogP contribution in [0.15, 0.2) is 60.7 Å². The van der Waals surface area contributed by atoms with Gasteiger partial charge in [-0.25, -0.2) is 0 Å². The van der Waals surface area contributed by atoms with Gasteiger partial charge < -0.3 is 4.57 Å². The number of fused-ring (bicyclic) bond motifs is 3. The third-order valence-electron chi connectivity index (χ3n) is 7.79. The highest BCUT2D eigenvalue weighted by molar-refractivity contribution is 6.74. The Morgan fingerprint density at radius 3 is 2.29 bits per heavy atom. The normalized spacial score (nSPS) is 20.9. The summed E-state index contributed by atoms with van der Waals surface area (Å²) in [6.07, 6.45) is 11.5. The monoisotopic (exact) mass is 367 g/mol. The van der Waals surface area contributed by atoms with Gasteiger partial charge >= 0.3 is 0 Å². The average Bonchev–Trinajstić information content (AvgIpc) is 3.12. The van der Waals surface area contributed by atoms with Gasteiger partial charge in [0, 0.05) is 16.5 Å². The predicted octanol–water partition coefficient (Wildman–Crippen LogP) is 6.75. The first-order chi connectivity index (χ1) is 13.4. The molecule has 0 amide bonds. The number of nitrogens with zero attached hydrogens (tertiary/aromatic N) is 1. The highest BCUT2D eigenvalue weighted by Gasteiger charge is 2.48. The minimum absolute atomic E-state index is 0.389. The van der Waals surface area contributed by atoms with Crippen LogP contribution in [0.5, 0.6) is 0 Å². The van der Waals surface area contributed by atoms with E-state index in [1.54, 1.807) is 0 Å². The van der Waals surface area contributed by atoms with E-state index in [0.717, 1.165) is 12.8 Å². The molecule has 0 saturated carbocycles. The van der Waals surface area contributed by atoms with E-state index in [9.17, 15) is 0 Å². The van der Waals surface area contributed by atoms with Crippen LogP contribution < -0.4 is 5.46 Å². The Kier molecular flexibility index (Phi) is 3.92. The fraction of sp³-hybridized carbons (Fsp3) is 0.385. The molecule has 1 aromatic heterocycles. The Hall–Kier alpha value is -2.22. The summed E-state index contributed by atoms with van der Waals surface area (Å²) >= 11 is 0. The molecular formula is C26H30BN. The van der Waals surface area contributed by atoms with Crippen molar-refractivity contribution in [3.63, 3.8) is 0 Å². The molecule has 5 rings (SSSR count). The first-order valence-corrected chi connectivity index (χ1v) is 10.8. The van der Waals surface area contributed by atoms with E-state index in [1.807, 2.05) is 0 Å². The van der Waals surface area contributed by atoms with Gasteiger partial charge in [0.2, 0.25) is 0 Å². The third kappa shape index (κ3) is 2.61. The summed E-state index contributed by atoms with van der Waals surface area (Å²) in [7, 11) is 0. The van der Waals surface area contributed by atoms with Gasteiger partial charge in [0.25, 0.3) is 0 Å². The zero-order valence-electron chi connectivity index (χ0n) is 17.6. The highest BCUT2D eigenvalue weighted by Crippen LogP contribution is 2.52.